The van der Waals surface area contributed by atoms with Crippen LogP contribution in [0.5, 0.6) is 0 Å². The van der Waals surface area contributed by atoms with Crippen molar-refractivity contribution in [2.75, 3.05) is 31.1 Å². The highest BCUT2D eigenvalue weighted by Crippen LogP contribution is 2.25. The number of benzene rings is 2. The lowest BCUT2D eigenvalue weighted by molar-refractivity contribution is -0.143. The smallest absolute Gasteiger partial charge is 0.325 e. The lowest BCUT2D eigenvalue weighted by Crippen LogP contribution is -2.49. The van der Waals surface area contributed by atoms with Crippen molar-refractivity contribution < 1.29 is 9.90 Å². The lowest BCUT2D eigenvalue weighted by atomic mass is 10.0. The van der Waals surface area contributed by atoms with Gasteiger partial charge in [-0.25, -0.2) is 0 Å². The largest absolute Gasteiger partial charge is 0.480 e. The van der Waals surface area contributed by atoms with Gasteiger partial charge in [0.25, 0.3) is 0 Å². The number of piperazine rings is 1. The Balaban J connectivity index is 1.72. The highest BCUT2D eigenvalue weighted by atomic mass is 16.4. The summed E-state index contributed by atoms with van der Waals surface area (Å²) in [5.74, 6) is -0.774. The van der Waals surface area contributed by atoms with Crippen LogP contribution in [0.15, 0.2) is 48.5 Å². The van der Waals surface area contributed by atoms with Gasteiger partial charge in [-0.3, -0.25) is 9.69 Å². The van der Waals surface area contributed by atoms with Crippen molar-refractivity contribution in [3.8, 4) is 0 Å². The maximum Gasteiger partial charge on any atom is 0.325 e. The molecule has 2 aromatic carbocycles. The van der Waals surface area contributed by atoms with E-state index >= 15 is 0 Å². The topological polar surface area (TPSA) is 43.8 Å². The Morgan fingerprint density at radius 2 is 1.62 bits per heavy atom. The maximum absolute atomic E-state index is 11.8. The standard InChI is InChI=1S/C20H24N2O2/c1-15-6-8-18(9-7-15)21-10-12-22(13-11-21)19(20(23)24)17-5-3-4-16(2)14-17/h3-9,14,19H,10-13H2,1-2H3,(H,23,24)/t19-/m1/s1. The van der Waals surface area contributed by atoms with Crippen LogP contribution in [0.2, 0.25) is 0 Å². The van der Waals surface area contributed by atoms with Crippen LogP contribution < -0.4 is 4.90 Å². The van der Waals surface area contributed by atoms with Gasteiger partial charge in [0.05, 0.1) is 0 Å². The van der Waals surface area contributed by atoms with E-state index in [-0.39, 0.29) is 0 Å². The van der Waals surface area contributed by atoms with E-state index in [2.05, 4.69) is 41.0 Å². The van der Waals surface area contributed by atoms with Crippen LogP contribution in [0.3, 0.4) is 0 Å². The zero-order chi connectivity index (χ0) is 17.1. The average molecular weight is 324 g/mol. The van der Waals surface area contributed by atoms with Gasteiger partial charge in [0, 0.05) is 31.9 Å². The molecule has 1 aliphatic heterocycles. The van der Waals surface area contributed by atoms with Crippen LogP contribution in [-0.4, -0.2) is 42.2 Å². The van der Waals surface area contributed by atoms with Crippen LogP contribution in [0.25, 0.3) is 0 Å². The molecule has 1 saturated heterocycles. The molecule has 1 atom stereocenters. The number of hydrogen-bond donors (Lipinski definition) is 1. The Hall–Kier alpha value is -2.33. The van der Waals surface area contributed by atoms with Crippen LogP contribution in [-0.2, 0) is 4.79 Å². The summed E-state index contributed by atoms with van der Waals surface area (Å²) in [6, 6.07) is 15.8. The fraction of sp³-hybridized carbons (Fsp3) is 0.350. The van der Waals surface area contributed by atoms with Crippen molar-refractivity contribution in [3.05, 3.63) is 65.2 Å². The molecule has 0 spiro atoms. The molecule has 4 heteroatoms. The molecule has 126 valence electrons. The van der Waals surface area contributed by atoms with E-state index in [9.17, 15) is 9.90 Å². The fourth-order valence-electron chi connectivity index (χ4n) is 3.34. The first-order valence-corrected chi connectivity index (χ1v) is 8.39. The van der Waals surface area contributed by atoms with E-state index in [0.717, 1.165) is 37.3 Å². The molecule has 24 heavy (non-hydrogen) atoms. The zero-order valence-electron chi connectivity index (χ0n) is 14.3. The van der Waals surface area contributed by atoms with E-state index in [1.54, 1.807) is 0 Å². The third kappa shape index (κ3) is 3.60. The Kier molecular flexibility index (Phi) is 4.86. The first kappa shape index (κ1) is 16.5. The van der Waals surface area contributed by atoms with Gasteiger partial charge in [0.1, 0.15) is 6.04 Å². The number of rotatable bonds is 4. The minimum atomic E-state index is -0.774. The normalized spacial score (nSPS) is 16.8. The van der Waals surface area contributed by atoms with Gasteiger partial charge in [-0.05, 0) is 31.5 Å². The van der Waals surface area contributed by atoms with Crippen molar-refractivity contribution in [3.63, 3.8) is 0 Å². The molecule has 1 fully saturated rings. The predicted octanol–water partition coefficient (Wildman–Crippen LogP) is 3.25. The van der Waals surface area contributed by atoms with Gasteiger partial charge >= 0.3 is 5.97 Å². The lowest BCUT2D eigenvalue weighted by Gasteiger charge is -2.39. The molecule has 0 unspecified atom stereocenters. The summed E-state index contributed by atoms with van der Waals surface area (Å²) >= 11 is 0. The van der Waals surface area contributed by atoms with E-state index in [1.807, 2.05) is 31.2 Å². The third-order valence-corrected chi connectivity index (χ3v) is 4.67. The van der Waals surface area contributed by atoms with Gasteiger partial charge in [-0.15, -0.1) is 0 Å². The van der Waals surface area contributed by atoms with Crippen molar-refractivity contribution in [1.29, 1.82) is 0 Å². The van der Waals surface area contributed by atoms with Crippen LogP contribution in [0.4, 0.5) is 5.69 Å². The number of anilines is 1. The summed E-state index contributed by atoms with van der Waals surface area (Å²) in [5.41, 5.74) is 4.42. The Labute approximate surface area is 143 Å². The van der Waals surface area contributed by atoms with Gasteiger partial charge in [0.2, 0.25) is 0 Å². The molecule has 0 aromatic heterocycles. The molecular formula is C20H24N2O2. The van der Waals surface area contributed by atoms with Crippen LogP contribution in [0, 0.1) is 13.8 Å². The molecule has 0 radical (unpaired) electrons. The first-order valence-electron chi connectivity index (χ1n) is 8.39. The molecule has 1 aliphatic rings. The van der Waals surface area contributed by atoms with Crippen molar-refractivity contribution in [1.82, 2.24) is 4.90 Å². The number of carboxylic acid groups (broad SMARTS) is 1. The molecule has 0 saturated carbocycles. The van der Waals surface area contributed by atoms with E-state index in [1.165, 1.54) is 11.3 Å². The summed E-state index contributed by atoms with van der Waals surface area (Å²) in [6.45, 7) is 7.27. The number of carbonyl (C=O) groups is 1. The van der Waals surface area contributed by atoms with E-state index < -0.39 is 12.0 Å². The SMILES string of the molecule is Cc1ccc(N2CCN([C@@H](C(=O)O)c3cccc(C)c3)CC2)cc1. The van der Waals surface area contributed by atoms with Gasteiger partial charge in [-0.2, -0.15) is 0 Å². The number of nitrogens with zero attached hydrogens (tertiary/aromatic N) is 2. The molecule has 1 N–H and O–H groups in total. The number of aryl methyl sites for hydroxylation is 2. The minimum absolute atomic E-state index is 0.565. The van der Waals surface area contributed by atoms with Crippen molar-refractivity contribution >= 4 is 11.7 Å². The minimum Gasteiger partial charge on any atom is -0.480 e. The van der Waals surface area contributed by atoms with Crippen molar-refractivity contribution in [2.24, 2.45) is 0 Å². The van der Waals surface area contributed by atoms with Crippen LogP contribution in [0.1, 0.15) is 22.7 Å². The Bertz CT molecular complexity index is 704. The molecular weight excluding hydrogens is 300 g/mol. The van der Waals surface area contributed by atoms with Gasteiger partial charge < -0.3 is 10.0 Å². The molecule has 0 amide bonds. The molecule has 3 rings (SSSR count). The fourth-order valence-corrected chi connectivity index (χ4v) is 3.34. The first-order chi connectivity index (χ1) is 11.5. The Morgan fingerprint density at radius 3 is 2.21 bits per heavy atom. The Morgan fingerprint density at radius 1 is 0.958 bits per heavy atom. The van der Waals surface area contributed by atoms with Crippen molar-refractivity contribution in [2.45, 2.75) is 19.9 Å². The monoisotopic (exact) mass is 324 g/mol. The molecule has 0 aliphatic carbocycles. The second-order valence-corrected chi connectivity index (χ2v) is 6.51. The van der Waals surface area contributed by atoms with Gasteiger partial charge in [0.15, 0.2) is 0 Å². The highest BCUT2D eigenvalue weighted by molar-refractivity contribution is 5.75. The summed E-state index contributed by atoms with van der Waals surface area (Å²) in [5, 5.41) is 9.73. The molecule has 2 aromatic rings. The third-order valence-electron chi connectivity index (χ3n) is 4.67. The number of hydrogen-bond acceptors (Lipinski definition) is 3. The zero-order valence-corrected chi connectivity index (χ0v) is 14.3. The predicted molar refractivity (Wildman–Crippen MR) is 96.5 cm³/mol. The summed E-state index contributed by atoms with van der Waals surface area (Å²) in [4.78, 5) is 16.2. The van der Waals surface area contributed by atoms with E-state index in [4.69, 9.17) is 0 Å². The summed E-state index contributed by atoms with van der Waals surface area (Å²) in [6.07, 6.45) is 0. The second-order valence-electron chi connectivity index (χ2n) is 6.51. The second kappa shape index (κ2) is 7.05. The molecule has 4 nitrogen and oxygen atoms in total. The molecule has 1 heterocycles. The molecule has 0 bridgehead atoms. The van der Waals surface area contributed by atoms with E-state index in [0.29, 0.717) is 0 Å². The number of aliphatic carboxylic acids is 1. The average Bonchev–Trinajstić information content (AvgIpc) is 2.56. The van der Waals surface area contributed by atoms with Gasteiger partial charge in [-0.1, -0.05) is 47.5 Å². The maximum atomic E-state index is 11.8. The van der Waals surface area contributed by atoms with Crippen LogP contribution >= 0.6 is 0 Å². The summed E-state index contributed by atoms with van der Waals surface area (Å²) < 4.78 is 0. The summed E-state index contributed by atoms with van der Waals surface area (Å²) in [7, 11) is 0. The highest BCUT2D eigenvalue weighted by Gasteiger charge is 2.30. The quantitative estimate of drug-likeness (QED) is 0.937. The number of carboxylic acids is 1.